The average molecular weight is 569 g/mol. The molecule has 2 aromatic carbocycles. The van der Waals surface area contributed by atoms with Crippen LogP contribution >= 0.6 is 11.3 Å². The maximum absolute atomic E-state index is 13.1. The van der Waals surface area contributed by atoms with Crippen molar-refractivity contribution < 1.29 is 15.0 Å². The average Bonchev–Trinajstić information content (AvgIpc) is 3.35. The van der Waals surface area contributed by atoms with Gasteiger partial charge in [-0.1, -0.05) is 49.4 Å². The molecular weight excluding hydrogens is 524 g/mol. The van der Waals surface area contributed by atoms with Crippen LogP contribution in [0.5, 0.6) is 5.75 Å². The highest BCUT2D eigenvalue weighted by molar-refractivity contribution is 7.16. The van der Waals surface area contributed by atoms with Crippen LogP contribution in [0.25, 0.3) is 10.2 Å². The number of phenols is 1. The third kappa shape index (κ3) is 8.16. The van der Waals surface area contributed by atoms with Crippen LogP contribution in [0.15, 0.2) is 35.1 Å². The number of aryl methyl sites for hydroxylation is 1. The Bertz CT molecular complexity index is 1330. The molecule has 1 heterocycles. The highest BCUT2D eigenvalue weighted by atomic mass is 32.1. The maximum atomic E-state index is 13.1. The molecular formula is C31H44N4O4S. The van der Waals surface area contributed by atoms with Gasteiger partial charge >= 0.3 is 4.87 Å². The normalized spacial score (nSPS) is 13.5. The van der Waals surface area contributed by atoms with E-state index in [-0.39, 0.29) is 28.6 Å². The van der Waals surface area contributed by atoms with Crippen LogP contribution in [-0.4, -0.2) is 71.9 Å². The molecule has 9 heteroatoms. The van der Waals surface area contributed by atoms with E-state index in [1.165, 1.54) is 42.4 Å². The van der Waals surface area contributed by atoms with Crippen LogP contribution < -0.4 is 15.5 Å². The van der Waals surface area contributed by atoms with Gasteiger partial charge in [0.1, 0.15) is 11.3 Å². The van der Waals surface area contributed by atoms with Crippen molar-refractivity contribution >= 4 is 27.5 Å². The van der Waals surface area contributed by atoms with E-state index in [2.05, 4.69) is 33.8 Å². The molecule has 0 bridgehead atoms. The number of nitrogens with one attached hydrogen (secondary N) is 3. The molecule has 3 aromatic rings. The van der Waals surface area contributed by atoms with Gasteiger partial charge in [0.15, 0.2) is 0 Å². The molecule has 0 aliphatic heterocycles. The van der Waals surface area contributed by atoms with Crippen LogP contribution in [-0.2, 0) is 30.5 Å². The summed E-state index contributed by atoms with van der Waals surface area (Å²) in [6, 6.07) is 10.1. The molecule has 0 unspecified atom stereocenters. The fraction of sp³-hybridized carbons (Fsp3) is 0.548. The van der Waals surface area contributed by atoms with Crippen LogP contribution in [0.1, 0.15) is 55.4 Å². The maximum Gasteiger partial charge on any atom is 0.305 e. The van der Waals surface area contributed by atoms with Crippen LogP contribution in [0.2, 0.25) is 0 Å². The largest absolute Gasteiger partial charge is 0.506 e. The van der Waals surface area contributed by atoms with Crippen molar-refractivity contribution in [1.29, 1.82) is 0 Å². The quantitative estimate of drug-likeness (QED) is 0.180. The zero-order chi connectivity index (χ0) is 28.5. The minimum Gasteiger partial charge on any atom is -0.506 e. The van der Waals surface area contributed by atoms with E-state index in [1.54, 1.807) is 6.07 Å². The molecule has 8 nitrogen and oxygen atoms in total. The fourth-order valence-corrected chi connectivity index (χ4v) is 6.38. The summed E-state index contributed by atoms with van der Waals surface area (Å²) in [5, 5.41) is 26.7. The Hall–Kier alpha value is -2.72. The number of thiazole rings is 1. The summed E-state index contributed by atoms with van der Waals surface area (Å²) in [6.45, 7) is 7.81. The highest BCUT2D eigenvalue weighted by Crippen LogP contribution is 2.28. The number of fused-ring (bicyclic) bond motifs is 2. The summed E-state index contributed by atoms with van der Waals surface area (Å²) in [5.41, 5.74) is 5.60. The van der Waals surface area contributed by atoms with Gasteiger partial charge in [0.05, 0.1) is 4.70 Å². The van der Waals surface area contributed by atoms with Gasteiger partial charge in [0, 0.05) is 44.6 Å². The Kier molecular flexibility index (Phi) is 10.8. The lowest BCUT2D eigenvalue weighted by Crippen LogP contribution is -2.44. The number of aromatic hydroxyl groups is 1. The van der Waals surface area contributed by atoms with E-state index in [9.17, 15) is 19.8 Å². The number of hydrogen-bond donors (Lipinski definition) is 5. The lowest BCUT2D eigenvalue weighted by molar-refractivity contribution is -0.132. The first-order valence-electron chi connectivity index (χ1n) is 14.5. The van der Waals surface area contributed by atoms with Crippen molar-refractivity contribution in [3.63, 3.8) is 0 Å². The smallest absolute Gasteiger partial charge is 0.305 e. The van der Waals surface area contributed by atoms with E-state index >= 15 is 0 Å². The number of carbonyl (C=O) groups excluding carboxylic acids is 1. The number of nitrogens with zero attached hydrogens (tertiary/aromatic N) is 1. The SMILES string of the molecule is CC(C)(CO)CN(CCNCCc1ccc(O)c2[nH]c(=O)sc12)C(=O)CCNCCc1cccc2c1CCCC2. The van der Waals surface area contributed by atoms with E-state index in [0.717, 1.165) is 34.6 Å². The summed E-state index contributed by atoms with van der Waals surface area (Å²) in [4.78, 5) is 29.3. The van der Waals surface area contributed by atoms with Crippen molar-refractivity contribution in [2.45, 2.75) is 58.8 Å². The number of aromatic nitrogens is 1. The number of carbonyl (C=O) groups is 1. The molecule has 0 radical (unpaired) electrons. The summed E-state index contributed by atoms with van der Waals surface area (Å²) in [5.74, 6) is 0.171. The van der Waals surface area contributed by atoms with Crippen molar-refractivity contribution in [3.8, 4) is 5.75 Å². The predicted octanol–water partition coefficient (Wildman–Crippen LogP) is 3.38. The van der Waals surface area contributed by atoms with Gasteiger partial charge in [0.25, 0.3) is 0 Å². The Morgan fingerprint density at radius 3 is 2.58 bits per heavy atom. The van der Waals surface area contributed by atoms with Gasteiger partial charge in [-0.3, -0.25) is 9.59 Å². The Balaban J connectivity index is 1.22. The van der Waals surface area contributed by atoms with E-state index in [1.807, 2.05) is 24.8 Å². The molecule has 0 atom stereocenters. The second-order valence-electron chi connectivity index (χ2n) is 11.6. The van der Waals surface area contributed by atoms with Gasteiger partial charge in [-0.2, -0.15) is 0 Å². The molecule has 1 aliphatic rings. The predicted molar refractivity (Wildman–Crippen MR) is 162 cm³/mol. The number of aliphatic hydroxyl groups is 1. The number of aliphatic hydroxyl groups excluding tert-OH is 1. The van der Waals surface area contributed by atoms with E-state index in [0.29, 0.717) is 51.1 Å². The third-order valence-corrected chi connectivity index (χ3v) is 8.71. The molecule has 1 aromatic heterocycles. The molecule has 218 valence electrons. The van der Waals surface area contributed by atoms with Gasteiger partial charge in [-0.05, 0) is 79.9 Å². The van der Waals surface area contributed by atoms with Crippen molar-refractivity contribution in [2.24, 2.45) is 5.41 Å². The molecule has 0 saturated heterocycles. The number of aromatic amines is 1. The number of benzene rings is 2. The van der Waals surface area contributed by atoms with E-state index < -0.39 is 0 Å². The minimum atomic E-state index is -0.376. The summed E-state index contributed by atoms with van der Waals surface area (Å²) in [7, 11) is 0. The molecule has 0 spiro atoms. The van der Waals surface area contributed by atoms with Crippen LogP contribution in [0.4, 0.5) is 0 Å². The lowest BCUT2D eigenvalue weighted by atomic mass is 9.87. The van der Waals surface area contributed by atoms with Crippen molar-refractivity contribution in [2.75, 3.05) is 45.9 Å². The first-order valence-corrected chi connectivity index (χ1v) is 15.3. The topological polar surface area (TPSA) is 118 Å². The third-order valence-electron chi connectivity index (χ3n) is 7.75. The zero-order valence-corrected chi connectivity index (χ0v) is 24.7. The number of amides is 1. The molecule has 5 N–H and O–H groups in total. The van der Waals surface area contributed by atoms with Crippen molar-refractivity contribution in [1.82, 2.24) is 20.5 Å². The molecule has 1 aliphatic carbocycles. The number of phenolic OH excluding ortho intramolecular Hbond substituents is 1. The summed E-state index contributed by atoms with van der Waals surface area (Å²) < 4.78 is 0.785. The standard InChI is InChI=1S/C31H44N4O4S/c1-31(2,21-36)20-35(19-18-33-16-13-24-10-11-26(37)28-29(24)40-30(39)34-28)27(38)14-17-32-15-12-23-8-5-7-22-6-3-4-9-25(22)23/h5,7-8,10-11,32-33,36-37H,3-4,6,9,12-21H2,1-2H3,(H,34,39). The summed E-state index contributed by atoms with van der Waals surface area (Å²) >= 11 is 1.11. The molecule has 0 saturated carbocycles. The summed E-state index contributed by atoms with van der Waals surface area (Å²) in [6.07, 6.45) is 7.04. The van der Waals surface area contributed by atoms with Crippen LogP contribution in [0.3, 0.4) is 0 Å². The molecule has 40 heavy (non-hydrogen) atoms. The zero-order valence-electron chi connectivity index (χ0n) is 23.9. The first-order chi connectivity index (χ1) is 19.3. The Morgan fingerprint density at radius 1 is 1.02 bits per heavy atom. The number of hydrogen-bond acceptors (Lipinski definition) is 7. The highest BCUT2D eigenvalue weighted by Gasteiger charge is 2.24. The Labute approximate surface area is 240 Å². The van der Waals surface area contributed by atoms with Crippen LogP contribution in [0, 0.1) is 5.41 Å². The number of rotatable bonds is 15. The number of H-pyrrole nitrogens is 1. The molecule has 1 amide bonds. The monoisotopic (exact) mass is 568 g/mol. The van der Waals surface area contributed by atoms with Crippen molar-refractivity contribution in [3.05, 3.63) is 62.3 Å². The van der Waals surface area contributed by atoms with Gasteiger partial charge in [-0.25, -0.2) is 0 Å². The molecule has 4 rings (SSSR count). The fourth-order valence-electron chi connectivity index (χ4n) is 5.49. The van der Waals surface area contributed by atoms with Gasteiger partial charge < -0.3 is 30.7 Å². The lowest BCUT2D eigenvalue weighted by Gasteiger charge is -2.31. The molecule has 0 fully saturated rings. The van der Waals surface area contributed by atoms with Gasteiger partial charge in [0.2, 0.25) is 5.91 Å². The second-order valence-corrected chi connectivity index (χ2v) is 12.6. The first kappa shape index (κ1) is 30.2. The van der Waals surface area contributed by atoms with Gasteiger partial charge in [-0.15, -0.1) is 0 Å². The second kappa shape index (κ2) is 14.3. The van der Waals surface area contributed by atoms with E-state index in [4.69, 9.17) is 0 Å². The Morgan fingerprint density at radius 2 is 1.77 bits per heavy atom. The minimum absolute atomic E-state index is 0.0141.